The number of hydrogen-bond donors (Lipinski definition) is 0. The molecule has 0 radical (unpaired) electrons. The number of carbonyl (C=O) groups is 1. The van der Waals surface area contributed by atoms with Gasteiger partial charge in [-0.25, -0.2) is 0 Å². The summed E-state index contributed by atoms with van der Waals surface area (Å²) in [6.45, 7) is 4.54. The number of pyridine rings is 1. The van der Waals surface area contributed by atoms with Crippen molar-refractivity contribution in [3.63, 3.8) is 0 Å². The largest absolute Gasteiger partial charge is 0.311 e. The highest BCUT2D eigenvalue weighted by Crippen LogP contribution is 2.48. The first kappa shape index (κ1) is 16.2. The monoisotopic (exact) mass is 319 g/mol. The minimum atomic E-state index is -0.00509. The minimum absolute atomic E-state index is 0.00509. The van der Waals surface area contributed by atoms with Gasteiger partial charge in [-0.15, -0.1) is 0 Å². The molecule has 1 aromatic carbocycles. The van der Waals surface area contributed by atoms with Crippen LogP contribution in [0, 0.1) is 31.1 Å². The van der Waals surface area contributed by atoms with Crippen LogP contribution in [0.1, 0.15) is 35.4 Å². The maximum atomic E-state index is 13.0. The fourth-order valence-corrected chi connectivity index (χ4v) is 3.05. The second-order valence-corrected chi connectivity index (χ2v) is 6.40. The average Bonchev–Trinajstić information content (AvgIpc) is 3.39. The lowest BCUT2D eigenvalue weighted by Crippen LogP contribution is -2.33. The highest BCUT2D eigenvalue weighted by atomic mass is 16.2. The van der Waals surface area contributed by atoms with Crippen LogP contribution in [0.3, 0.4) is 0 Å². The summed E-state index contributed by atoms with van der Waals surface area (Å²) in [6.07, 6.45) is 4.78. The van der Waals surface area contributed by atoms with Gasteiger partial charge in [-0.2, -0.15) is 5.26 Å². The second-order valence-electron chi connectivity index (χ2n) is 6.40. The van der Waals surface area contributed by atoms with Crippen LogP contribution in [0.2, 0.25) is 0 Å². The molecule has 1 heterocycles. The van der Waals surface area contributed by atoms with Gasteiger partial charge in [-0.05, 0) is 61.1 Å². The van der Waals surface area contributed by atoms with Crippen LogP contribution in [0.15, 0.2) is 42.7 Å². The highest BCUT2D eigenvalue weighted by molar-refractivity contribution is 5.97. The lowest BCUT2D eigenvalue weighted by molar-refractivity contribution is -0.119. The number of aromatic nitrogens is 1. The van der Waals surface area contributed by atoms with Gasteiger partial charge in [0, 0.05) is 30.5 Å². The van der Waals surface area contributed by atoms with Crippen LogP contribution >= 0.6 is 0 Å². The van der Waals surface area contributed by atoms with Crippen LogP contribution in [-0.2, 0) is 4.79 Å². The minimum Gasteiger partial charge on any atom is -0.311 e. The number of anilines is 1. The van der Waals surface area contributed by atoms with E-state index in [1.807, 2.05) is 43.5 Å². The van der Waals surface area contributed by atoms with Crippen LogP contribution < -0.4 is 4.90 Å². The lowest BCUT2D eigenvalue weighted by atomic mass is 10.1. The molecular weight excluding hydrogens is 298 g/mol. The first-order chi connectivity index (χ1) is 11.6. The second kappa shape index (κ2) is 6.84. The van der Waals surface area contributed by atoms with Crippen molar-refractivity contribution in [3.8, 4) is 6.07 Å². The van der Waals surface area contributed by atoms with Crippen molar-refractivity contribution in [3.05, 3.63) is 59.4 Å². The summed E-state index contributed by atoms with van der Waals surface area (Å²) in [7, 11) is 0. The van der Waals surface area contributed by atoms with Gasteiger partial charge in [-0.3, -0.25) is 9.78 Å². The molecule has 1 aliphatic rings. The van der Waals surface area contributed by atoms with Crippen LogP contribution in [0.25, 0.3) is 0 Å². The Morgan fingerprint density at radius 2 is 2.17 bits per heavy atom. The molecule has 0 bridgehead atoms. The third-order valence-corrected chi connectivity index (χ3v) is 4.74. The number of nitrogens with zero attached hydrogens (tertiary/aromatic N) is 3. The average molecular weight is 319 g/mol. The molecule has 0 spiro atoms. The van der Waals surface area contributed by atoms with E-state index in [4.69, 9.17) is 5.26 Å². The third-order valence-electron chi connectivity index (χ3n) is 4.74. The van der Waals surface area contributed by atoms with Crippen molar-refractivity contribution in [2.75, 3.05) is 11.4 Å². The third kappa shape index (κ3) is 3.30. The maximum Gasteiger partial charge on any atom is 0.230 e. The number of aryl methyl sites for hydroxylation is 2. The van der Waals surface area contributed by atoms with Gasteiger partial charge in [0.05, 0.1) is 12.5 Å². The SMILES string of the molecule is Cc1ccc(N(CCC#N)C(=O)[C@@H]2C[C@H]2c2cccnc2)cc1C. The topological polar surface area (TPSA) is 57.0 Å². The smallest absolute Gasteiger partial charge is 0.230 e. The van der Waals surface area contributed by atoms with Gasteiger partial charge in [0.1, 0.15) is 0 Å². The molecule has 1 aliphatic carbocycles. The first-order valence-corrected chi connectivity index (χ1v) is 8.27. The summed E-state index contributed by atoms with van der Waals surface area (Å²) in [5.41, 5.74) is 4.36. The van der Waals surface area contributed by atoms with Crippen molar-refractivity contribution in [1.29, 1.82) is 5.26 Å². The van der Waals surface area contributed by atoms with E-state index in [1.165, 1.54) is 5.56 Å². The molecule has 1 amide bonds. The van der Waals surface area contributed by atoms with Crippen molar-refractivity contribution in [1.82, 2.24) is 4.98 Å². The van der Waals surface area contributed by atoms with Crippen molar-refractivity contribution < 1.29 is 4.79 Å². The number of rotatable bonds is 5. The zero-order valence-corrected chi connectivity index (χ0v) is 14.1. The van der Waals surface area contributed by atoms with E-state index in [1.54, 1.807) is 11.1 Å². The number of amides is 1. The van der Waals surface area contributed by atoms with Crippen LogP contribution in [0.4, 0.5) is 5.69 Å². The Labute approximate surface area is 142 Å². The predicted molar refractivity (Wildman–Crippen MR) is 93.6 cm³/mol. The van der Waals surface area contributed by atoms with Crippen molar-refractivity contribution in [2.45, 2.75) is 32.6 Å². The van der Waals surface area contributed by atoms with Crippen molar-refractivity contribution in [2.24, 2.45) is 5.92 Å². The molecule has 0 unspecified atom stereocenters. The Balaban J connectivity index is 1.80. The van der Waals surface area contributed by atoms with E-state index < -0.39 is 0 Å². The lowest BCUT2D eigenvalue weighted by Gasteiger charge is -2.23. The number of benzene rings is 1. The molecule has 4 heteroatoms. The fourth-order valence-electron chi connectivity index (χ4n) is 3.05. The van der Waals surface area contributed by atoms with Crippen LogP contribution in [-0.4, -0.2) is 17.4 Å². The quantitative estimate of drug-likeness (QED) is 0.843. The van der Waals surface area contributed by atoms with E-state index in [2.05, 4.69) is 18.0 Å². The van der Waals surface area contributed by atoms with E-state index in [0.29, 0.717) is 13.0 Å². The van der Waals surface area contributed by atoms with E-state index in [9.17, 15) is 4.79 Å². The molecule has 1 aromatic heterocycles. The van der Waals surface area contributed by atoms with E-state index in [0.717, 1.165) is 23.2 Å². The van der Waals surface area contributed by atoms with Gasteiger partial charge in [-0.1, -0.05) is 12.1 Å². The van der Waals surface area contributed by atoms with Crippen LogP contribution in [0.5, 0.6) is 0 Å². The highest BCUT2D eigenvalue weighted by Gasteiger charge is 2.46. The molecule has 1 fully saturated rings. The molecule has 0 saturated heterocycles. The van der Waals surface area contributed by atoms with Gasteiger partial charge < -0.3 is 4.90 Å². The Bertz CT molecular complexity index is 779. The van der Waals surface area contributed by atoms with Crippen molar-refractivity contribution >= 4 is 11.6 Å². The molecule has 1 saturated carbocycles. The molecule has 0 aliphatic heterocycles. The molecular formula is C20H21N3O. The molecule has 3 rings (SSSR count). The molecule has 122 valence electrons. The Kier molecular flexibility index (Phi) is 4.61. The molecule has 0 N–H and O–H groups in total. The summed E-state index contributed by atoms with van der Waals surface area (Å²) in [4.78, 5) is 18.9. The normalized spacial score (nSPS) is 18.7. The molecule has 4 nitrogen and oxygen atoms in total. The Morgan fingerprint density at radius 3 is 2.83 bits per heavy atom. The molecule has 2 aromatic rings. The Morgan fingerprint density at radius 1 is 1.33 bits per heavy atom. The summed E-state index contributed by atoms with van der Waals surface area (Å²) < 4.78 is 0. The van der Waals surface area contributed by atoms with Gasteiger partial charge >= 0.3 is 0 Å². The van der Waals surface area contributed by atoms with Gasteiger partial charge in [0.25, 0.3) is 0 Å². The zero-order valence-electron chi connectivity index (χ0n) is 14.1. The number of carbonyl (C=O) groups excluding carboxylic acids is 1. The Hall–Kier alpha value is -2.67. The maximum absolute atomic E-state index is 13.0. The zero-order chi connectivity index (χ0) is 17.1. The fraction of sp³-hybridized carbons (Fsp3) is 0.350. The van der Waals surface area contributed by atoms with E-state index >= 15 is 0 Å². The first-order valence-electron chi connectivity index (χ1n) is 8.27. The van der Waals surface area contributed by atoms with Gasteiger partial charge in [0.15, 0.2) is 0 Å². The van der Waals surface area contributed by atoms with E-state index in [-0.39, 0.29) is 17.7 Å². The van der Waals surface area contributed by atoms with Gasteiger partial charge in [0.2, 0.25) is 5.91 Å². The summed E-state index contributed by atoms with van der Waals surface area (Å²) in [5.74, 6) is 0.360. The summed E-state index contributed by atoms with van der Waals surface area (Å²) in [5, 5.41) is 8.93. The number of hydrogen-bond acceptors (Lipinski definition) is 3. The molecule has 2 atom stereocenters. The standard InChI is InChI=1S/C20H21N3O/c1-14-6-7-17(11-15(14)2)23(10-4-8-21)20(24)19-12-18(19)16-5-3-9-22-13-16/h3,5-7,9,11,13,18-19H,4,10,12H2,1-2H3/t18-,19+/m0/s1. The predicted octanol–water partition coefficient (Wildman–Crippen LogP) is 3.75. The summed E-state index contributed by atoms with van der Waals surface area (Å²) >= 11 is 0. The summed E-state index contributed by atoms with van der Waals surface area (Å²) in [6, 6.07) is 12.1. The molecule has 24 heavy (non-hydrogen) atoms. The number of nitriles is 1.